The van der Waals surface area contributed by atoms with Crippen LogP contribution < -0.4 is 10.0 Å². The van der Waals surface area contributed by atoms with Gasteiger partial charge in [-0.3, -0.25) is 19.6 Å². The molecular formula is C14H13N3O5S. The van der Waals surface area contributed by atoms with Crippen molar-refractivity contribution in [3.05, 3.63) is 58.6 Å². The second kappa shape index (κ2) is 6.44. The zero-order valence-electron chi connectivity index (χ0n) is 12.0. The highest BCUT2D eigenvalue weighted by molar-refractivity contribution is 7.92. The number of hydrogen-bond donors (Lipinski definition) is 2. The zero-order chi connectivity index (χ0) is 17.0. The number of nitrogens with zero attached hydrogens (tertiary/aromatic N) is 1. The summed E-state index contributed by atoms with van der Waals surface area (Å²) in [5, 5.41) is 13.3. The summed E-state index contributed by atoms with van der Waals surface area (Å²) in [6, 6.07) is 10.8. The van der Waals surface area contributed by atoms with E-state index in [0.29, 0.717) is 5.69 Å². The molecule has 2 N–H and O–H groups in total. The van der Waals surface area contributed by atoms with Crippen LogP contribution in [0.4, 0.5) is 17.1 Å². The Morgan fingerprint density at radius 2 is 1.70 bits per heavy atom. The Morgan fingerprint density at radius 1 is 1.09 bits per heavy atom. The first kappa shape index (κ1) is 16.4. The van der Waals surface area contributed by atoms with Crippen molar-refractivity contribution in [1.82, 2.24) is 0 Å². The van der Waals surface area contributed by atoms with E-state index >= 15 is 0 Å². The molecule has 2 aromatic rings. The molecule has 120 valence electrons. The fourth-order valence-corrected chi connectivity index (χ4v) is 2.90. The maximum Gasteiger partial charge on any atom is 0.270 e. The van der Waals surface area contributed by atoms with Gasteiger partial charge in [0, 0.05) is 30.4 Å². The van der Waals surface area contributed by atoms with Crippen LogP contribution in [0, 0.1) is 10.1 Å². The summed E-state index contributed by atoms with van der Waals surface area (Å²) in [5.74, 6) is -0.241. The molecule has 0 aromatic heterocycles. The van der Waals surface area contributed by atoms with Gasteiger partial charge in [0.15, 0.2) is 0 Å². The van der Waals surface area contributed by atoms with E-state index < -0.39 is 14.9 Å². The van der Waals surface area contributed by atoms with E-state index in [1.54, 1.807) is 0 Å². The first-order chi connectivity index (χ1) is 10.8. The van der Waals surface area contributed by atoms with Gasteiger partial charge in [0.05, 0.1) is 9.82 Å². The van der Waals surface area contributed by atoms with Crippen LogP contribution in [0.3, 0.4) is 0 Å². The highest BCUT2D eigenvalue weighted by Crippen LogP contribution is 2.21. The molecule has 0 saturated heterocycles. The van der Waals surface area contributed by atoms with E-state index in [0.717, 1.165) is 6.07 Å². The van der Waals surface area contributed by atoms with E-state index in [1.807, 2.05) is 0 Å². The summed E-state index contributed by atoms with van der Waals surface area (Å²) in [6.07, 6.45) is 0. The summed E-state index contributed by atoms with van der Waals surface area (Å²) < 4.78 is 26.8. The van der Waals surface area contributed by atoms with Crippen molar-refractivity contribution in [3.63, 3.8) is 0 Å². The number of benzene rings is 2. The molecule has 0 aliphatic carbocycles. The van der Waals surface area contributed by atoms with Gasteiger partial charge in [-0.15, -0.1) is 0 Å². The maximum absolute atomic E-state index is 12.2. The number of rotatable bonds is 5. The van der Waals surface area contributed by atoms with Gasteiger partial charge in [0.2, 0.25) is 5.91 Å². The van der Waals surface area contributed by atoms with Crippen molar-refractivity contribution < 1.29 is 18.1 Å². The van der Waals surface area contributed by atoms with Gasteiger partial charge >= 0.3 is 0 Å². The van der Waals surface area contributed by atoms with Gasteiger partial charge in [0.1, 0.15) is 0 Å². The Bertz CT molecular complexity index is 847. The number of non-ortho nitro benzene ring substituents is 1. The van der Waals surface area contributed by atoms with Crippen molar-refractivity contribution in [2.45, 2.75) is 11.8 Å². The molecule has 0 atom stereocenters. The number of anilines is 2. The lowest BCUT2D eigenvalue weighted by Gasteiger charge is -2.09. The summed E-state index contributed by atoms with van der Waals surface area (Å²) in [4.78, 5) is 20.8. The summed E-state index contributed by atoms with van der Waals surface area (Å²) in [7, 11) is -3.95. The predicted molar refractivity (Wildman–Crippen MR) is 84.7 cm³/mol. The topological polar surface area (TPSA) is 118 Å². The minimum Gasteiger partial charge on any atom is -0.326 e. The van der Waals surface area contributed by atoms with E-state index in [4.69, 9.17) is 0 Å². The molecule has 1 amide bonds. The molecule has 2 rings (SSSR count). The lowest BCUT2D eigenvalue weighted by Crippen LogP contribution is -2.13. The minimum absolute atomic E-state index is 0.211. The summed E-state index contributed by atoms with van der Waals surface area (Å²) in [5.41, 5.74) is 0.482. The molecule has 0 aliphatic heterocycles. The van der Waals surface area contributed by atoms with Gasteiger partial charge < -0.3 is 5.32 Å². The molecule has 0 heterocycles. The predicted octanol–water partition coefficient (Wildman–Crippen LogP) is 2.35. The minimum atomic E-state index is -3.95. The molecular weight excluding hydrogens is 322 g/mol. The molecule has 9 heteroatoms. The Hall–Kier alpha value is -2.94. The molecule has 0 saturated carbocycles. The third kappa shape index (κ3) is 4.27. The van der Waals surface area contributed by atoms with Crippen LogP contribution in [0.15, 0.2) is 53.4 Å². The Balaban J connectivity index is 2.22. The van der Waals surface area contributed by atoms with Crippen LogP contribution >= 0.6 is 0 Å². The van der Waals surface area contributed by atoms with Crippen LogP contribution in [0.25, 0.3) is 0 Å². The third-order valence-corrected chi connectivity index (χ3v) is 4.18. The van der Waals surface area contributed by atoms with Crippen LogP contribution in [0.1, 0.15) is 6.92 Å². The molecule has 0 spiro atoms. The number of nitro groups is 1. The molecule has 0 fully saturated rings. The highest BCUT2D eigenvalue weighted by Gasteiger charge is 2.17. The molecule has 23 heavy (non-hydrogen) atoms. The van der Waals surface area contributed by atoms with Crippen LogP contribution in [-0.4, -0.2) is 19.2 Å². The fourth-order valence-electron chi connectivity index (χ4n) is 1.80. The average molecular weight is 335 g/mol. The quantitative estimate of drug-likeness (QED) is 0.642. The molecule has 2 aromatic carbocycles. The number of nitro benzene ring substituents is 1. The second-order valence-electron chi connectivity index (χ2n) is 4.62. The monoisotopic (exact) mass is 335 g/mol. The maximum atomic E-state index is 12.2. The standard InChI is InChI=1S/C14H13N3O5S/c1-10(18)15-11-5-7-12(8-6-11)16-23(21,22)14-4-2-3-13(9-14)17(19)20/h2-9,16H,1H3,(H,15,18). The lowest BCUT2D eigenvalue weighted by atomic mass is 10.3. The molecule has 0 aliphatic rings. The van der Waals surface area contributed by atoms with Gasteiger partial charge in [-0.25, -0.2) is 8.42 Å². The second-order valence-corrected chi connectivity index (χ2v) is 6.30. The number of amides is 1. The van der Waals surface area contributed by atoms with Gasteiger partial charge in [-0.1, -0.05) is 6.07 Å². The summed E-state index contributed by atoms with van der Waals surface area (Å²) in [6.45, 7) is 1.36. The van der Waals surface area contributed by atoms with Crippen molar-refractivity contribution in [2.24, 2.45) is 0 Å². The zero-order valence-corrected chi connectivity index (χ0v) is 12.8. The number of sulfonamides is 1. The first-order valence-corrected chi connectivity index (χ1v) is 7.91. The number of nitrogens with one attached hydrogen (secondary N) is 2. The van der Waals surface area contributed by atoms with E-state index in [2.05, 4.69) is 10.0 Å². The third-order valence-electron chi connectivity index (χ3n) is 2.80. The largest absolute Gasteiger partial charge is 0.326 e. The normalized spacial score (nSPS) is 10.8. The van der Waals surface area contributed by atoms with Gasteiger partial charge in [-0.2, -0.15) is 0 Å². The van der Waals surface area contributed by atoms with Crippen molar-refractivity contribution >= 4 is 33.0 Å². The average Bonchev–Trinajstić information content (AvgIpc) is 2.48. The van der Waals surface area contributed by atoms with Crippen LogP contribution in [0.5, 0.6) is 0 Å². The summed E-state index contributed by atoms with van der Waals surface area (Å²) >= 11 is 0. The lowest BCUT2D eigenvalue weighted by molar-refractivity contribution is -0.385. The fraction of sp³-hybridized carbons (Fsp3) is 0.0714. The first-order valence-electron chi connectivity index (χ1n) is 6.43. The van der Waals surface area contributed by atoms with Gasteiger partial charge in [0.25, 0.3) is 15.7 Å². The molecule has 0 bridgehead atoms. The Labute approximate surface area is 132 Å². The Kier molecular flexibility index (Phi) is 4.60. The van der Waals surface area contributed by atoms with Crippen LogP contribution in [0.2, 0.25) is 0 Å². The Morgan fingerprint density at radius 3 is 2.26 bits per heavy atom. The number of carbonyl (C=O) groups excluding carboxylic acids is 1. The molecule has 0 radical (unpaired) electrons. The number of hydrogen-bond acceptors (Lipinski definition) is 5. The SMILES string of the molecule is CC(=O)Nc1ccc(NS(=O)(=O)c2cccc([N+](=O)[O-])c2)cc1. The van der Waals surface area contributed by atoms with Crippen molar-refractivity contribution in [1.29, 1.82) is 0 Å². The van der Waals surface area contributed by atoms with Gasteiger partial charge in [-0.05, 0) is 30.3 Å². The van der Waals surface area contributed by atoms with Crippen molar-refractivity contribution in [3.8, 4) is 0 Å². The molecule has 0 unspecified atom stereocenters. The smallest absolute Gasteiger partial charge is 0.270 e. The van der Waals surface area contributed by atoms with E-state index in [9.17, 15) is 23.3 Å². The molecule has 8 nitrogen and oxygen atoms in total. The van der Waals surface area contributed by atoms with E-state index in [-0.39, 0.29) is 22.2 Å². The number of carbonyl (C=O) groups is 1. The van der Waals surface area contributed by atoms with E-state index in [1.165, 1.54) is 49.4 Å². The highest BCUT2D eigenvalue weighted by atomic mass is 32.2. The van der Waals surface area contributed by atoms with Crippen molar-refractivity contribution in [2.75, 3.05) is 10.0 Å². The van der Waals surface area contributed by atoms with Crippen LogP contribution in [-0.2, 0) is 14.8 Å².